The van der Waals surface area contributed by atoms with Crippen LogP contribution in [0.4, 0.5) is 5.69 Å². The van der Waals surface area contributed by atoms with Crippen LogP contribution in [0.2, 0.25) is 0 Å². The Hall–Kier alpha value is -3.56. The van der Waals surface area contributed by atoms with Crippen LogP contribution < -0.4 is 10.0 Å². The number of anilines is 1. The van der Waals surface area contributed by atoms with E-state index >= 15 is 0 Å². The second-order valence-corrected chi connectivity index (χ2v) is 7.53. The van der Waals surface area contributed by atoms with Crippen molar-refractivity contribution in [2.24, 2.45) is 0 Å². The summed E-state index contributed by atoms with van der Waals surface area (Å²) in [6.45, 7) is 0.198. The van der Waals surface area contributed by atoms with Crippen LogP contribution >= 0.6 is 0 Å². The first-order valence-electron chi connectivity index (χ1n) is 8.55. The van der Waals surface area contributed by atoms with Gasteiger partial charge in [-0.2, -0.15) is 0 Å². The minimum atomic E-state index is -3.71. The Morgan fingerprint density at radius 2 is 1.43 bits per heavy atom. The van der Waals surface area contributed by atoms with Gasteiger partial charge in [0.1, 0.15) is 0 Å². The first-order valence-corrected chi connectivity index (χ1v) is 10.0. The summed E-state index contributed by atoms with van der Waals surface area (Å²) < 4.78 is 27.3. The predicted molar refractivity (Wildman–Crippen MR) is 109 cm³/mol. The van der Waals surface area contributed by atoms with Gasteiger partial charge in [-0.25, -0.2) is 8.42 Å². The number of hydrogen-bond donors (Lipinski definition) is 2. The first-order chi connectivity index (χ1) is 13.5. The zero-order valence-electron chi connectivity index (χ0n) is 14.9. The van der Waals surface area contributed by atoms with Crippen LogP contribution in [-0.4, -0.2) is 20.9 Å². The summed E-state index contributed by atoms with van der Waals surface area (Å²) in [6, 6.07) is 23.8. The van der Waals surface area contributed by atoms with Gasteiger partial charge in [0.15, 0.2) is 0 Å². The molecule has 5 nitrogen and oxygen atoms in total. The normalized spacial score (nSPS) is 10.4. The van der Waals surface area contributed by atoms with Crippen molar-refractivity contribution in [3.8, 4) is 11.8 Å². The third-order valence-corrected chi connectivity index (χ3v) is 5.19. The number of nitrogens with one attached hydrogen (secondary N) is 2. The molecule has 0 aliphatic rings. The van der Waals surface area contributed by atoms with E-state index in [1.54, 1.807) is 30.3 Å². The summed E-state index contributed by atoms with van der Waals surface area (Å²) >= 11 is 0. The van der Waals surface area contributed by atoms with E-state index in [2.05, 4.69) is 21.9 Å². The first kappa shape index (κ1) is 19.2. The molecule has 2 N–H and O–H groups in total. The average Bonchev–Trinajstić information content (AvgIpc) is 2.72. The molecule has 0 unspecified atom stereocenters. The molecule has 0 fully saturated rings. The Bertz CT molecular complexity index is 1100. The highest BCUT2D eigenvalue weighted by Gasteiger charge is 2.15. The van der Waals surface area contributed by atoms with Gasteiger partial charge >= 0.3 is 0 Å². The van der Waals surface area contributed by atoms with Gasteiger partial charge in [-0.3, -0.25) is 9.52 Å². The Kier molecular flexibility index (Phi) is 6.10. The molecule has 0 spiro atoms. The number of benzene rings is 3. The molecule has 3 aromatic rings. The summed E-state index contributed by atoms with van der Waals surface area (Å²) in [6.07, 6.45) is 0. The molecule has 3 rings (SSSR count). The van der Waals surface area contributed by atoms with Gasteiger partial charge in [0, 0.05) is 16.8 Å². The van der Waals surface area contributed by atoms with Crippen molar-refractivity contribution >= 4 is 21.6 Å². The molecular weight excluding hydrogens is 372 g/mol. The Labute approximate surface area is 164 Å². The van der Waals surface area contributed by atoms with Crippen LogP contribution in [0.3, 0.4) is 0 Å². The van der Waals surface area contributed by atoms with Crippen molar-refractivity contribution < 1.29 is 13.2 Å². The number of carbonyl (C=O) groups excluding carboxylic acids is 1. The maximum atomic E-state index is 12.4. The van der Waals surface area contributed by atoms with Crippen molar-refractivity contribution in [3.63, 3.8) is 0 Å². The standard InChI is InChI=1S/C22H18N2O3S/c25-22(23-17-7-10-18-8-3-1-4-9-18)19-13-15-21(16-14-19)28(26,27)24-20-11-5-2-6-12-20/h1-6,8-9,11-16,24H,17H2,(H,23,25). The molecule has 3 aromatic carbocycles. The van der Waals surface area contributed by atoms with Gasteiger partial charge in [-0.15, -0.1) is 0 Å². The highest BCUT2D eigenvalue weighted by molar-refractivity contribution is 7.92. The van der Waals surface area contributed by atoms with E-state index in [9.17, 15) is 13.2 Å². The van der Waals surface area contributed by atoms with Gasteiger partial charge < -0.3 is 5.32 Å². The van der Waals surface area contributed by atoms with E-state index in [1.807, 2.05) is 30.3 Å². The number of sulfonamides is 1. The van der Waals surface area contributed by atoms with Gasteiger partial charge in [-0.05, 0) is 48.5 Å². The monoisotopic (exact) mass is 390 g/mol. The SMILES string of the molecule is O=C(NCC#Cc1ccccc1)c1ccc(S(=O)(=O)Nc2ccccc2)cc1. The topological polar surface area (TPSA) is 75.3 Å². The fourth-order valence-corrected chi connectivity index (χ4v) is 3.46. The lowest BCUT2D eigenvalue weighted by atomic mass is 10.2. The Balaban J connectivity index is 1.60. The summed E-state index contributed by atoms with van der Waals surface area (Å²) in [4.78, 5) is 12.2. The Morgan fingerprint density at radius 1 is 0.821 bits per heavy atom. The second-order valence-electron chi connectivity index (χ2n) is 5.85. The molecule has 0 bridgehead atoms. The van der Waals surface area contributed by atoms with Gasteiger partial charge in [-0.1, -0.05) is 48.2 Å². The Morgan fingerprint density at radius 3 is 2.07 bits per heavy atom. The summed E-state index contributed by atoms with van der Waals surface area (Å²) in [5, 5.41) is 2.69. The van der Waals surface area contributed by atoms with E-state index in [4.69, 9.17) is 0 Å². The molecule has 0 saturated heterocycles. The smallest absolute Gasteiger partial charge is 0.261 e. The zero-order chi connectivity index (χ0) is 19.8. The number of para-hydroxylation sites is 1. The number of hydrogen-bond acceptors (Lipinski definition) is 3. The highest BCUT2D eigenvalue weighted by Crippen LogP contribution is 2.16. The minimum absolute atomic E-state index is 0.0803. The predicted octanol–water partition coefficient (Wildman–Crippen LogP) is 3.27. The van der Waals surface area contributed by atoms with E-state index in [0.29, 0.717) is 11.3 Å². The van der Waals surface area contributed by atoms with Gasteiger partial charge in [0.2, 0.25) is 0 Å². The molecule has 0 saturated carbocycles. The maximum Gasteiger partial charge on any atom is 0.261 e. The van der Waals surface area contributed by atoms with E-state index < -0.39 is 10.0 Å². The van der Waals surface area contributed by atoms with Crippen LogP contribution in [0.25, 0.3) is 0 Å². The molecule has 1 amide bonds. The van der Waals surface area contributed by atoms with Crippen LogP contribution in [-0.2, 0) is 10.0 Å². The molecule has 0 atom stereocenters. The molecule has 0 aliphatic heterocycles. The van der Waals surface area contributed by atoms with Crippen molar-refractivity contribution in [2.45, 2.75) is 4.90 Å². The third-order valence-electron chi connectivity index (χ3n) is 3.80. The van der Waals surface area contributed by atoms with E-state index in [1.165, 1.54) is 24.3 Å². The summed E-state index contributed by atoms with van der Waals surface area (Å²) in [5.41, 5.74) is 1.71. The zero-order valence-corrected chi connectivity index (χ0v) is 15.7. The number of carbonyl (C=O) groups is 1. The molecule has 6 heteroatoms. The molecule has 0 aromatic heterocycles. The summed E-state index contributed by atoms with van der Waals surface area (Å²) in [7, 11) is -3.71. The highest BCUT2D eigenvalue weighted by atomic mass is 32.2. The molecule has 0 aliphatic carbocycles. The van der Waals surface area contributed by atoms with Crippen LogP contribution in [0.15, 0.2) is 89.8 Å². The second kappa shape index (κ2) is 8.89. The van der Waals surface area contributed by atoms with Crippen molar-refractivity contribution in [1.82, 2.24) is 5.32 Å². The lowest BCUT2D eigenvalue weighted by Gasteiger charge is -2.08. The van der Waals surface area contributed by atoms with E-state index in [-0.39, 0.29) is 17.3 Å². The van der Waals surface area contributed by atoms with Crippen molar-refractivity contribution in [2.75, 3.05) is 11.3 Å². The number of amides is 1. The van der Waals surface area contributed by atoms with Crippen molar-refractivity contribution in [3.05, 3.63) is 96.1 Å². The molecule has 140 valence electrons. The van der Waals surface area contributed by atoms with Crippen molar-refractivity contribution in [1.29, 1.82) is 0 Å². The molecular formula is C22H18N2O3S. The van der Waals surface area contributed by atoms with E-state index in [0.717, 1.165) is 5.56 Å². The summed E-state index contributed by atoms with van der Waals surface area (Å²) in [5.74, 6) is 5.51. The average molecular weight is 390 g/mol. The lowest BCUT2D eigenvalue weighted by molar-refractivity contribution is 0.0958. The van der Waals surface area contributed by atoms with Gasteiger partial charge in [0.25, 0.3) is 15.9 Å². The quantitative estimate of drug-likeness (QED) is 0.657. The minimum Gasteiger partial charge on any atom is -0.341 e. The van der Waals surface area contributed by atoms with Crippen LogP contribution in [0, 0.1) is 11.8 Å². The van der Waals surface area contributed by atoms with Crippen LogP contribution in [0.1, 0.15) is 15.9 Å². The fourth-order valence-electron chi connectivity index (χ4n) is 2.40. The largest absolute Gasteiger partial charge is 0.341 e. The van der Waals surface area contributed by atoms with Gasteiger partial charge in [0.05, 0.1) is 11.4 Å². The number of rotatable bonds is 5. The third kappa shape index (κ3) is 5.22. The maximum absolute atomic E-state index is 12.4. The molecule has 0 heterocycles. The lowest BCUT2D eigenvalue weighted by Crippen LogP contribution is -2.23. The molecule has 28 heavy (non-hydrogen) atoms. The molecule has 0 radical (unpaired) electrons. The van der Waals surface area contributed by atoms with Crippen LogP contribution in [0.5, 0.6) is 0 Å². The fraction of sp³-hybridized carbons (Fsp3) is 0.0455.